The van der Waals surface area contributed by atoms with Gasteiger partial charge in [-0.2, -0.15) is 0 Å². The van der Waals surface area contributed by atoms with Crippen LogP contribution in [-0.4, -0.2) is 142 Å². The van der Waals surface area contributed by atoms with E-state index in [9.17, 15) is 24.6 Å². The Kier molecular flexibility index (Phi) is 29.1. The molecule has 3 fully saturated rings. The largest absolute Gasteiger partial charge is 1.00 e. The predicted molar refractivity (Wildman–Crippen MR) is 275 cm³/mol. The van der Waals surface area contributed by atoms with Crippen LogP contribution in [0.25, 0.3) is 0 Å². The van der Waals surface area contributed by atoms with Crippen molar-refractivity contribution in [3.63, 3.8) is 0 Å². The molecule has 0 atom stereocenters. The molecule has 0 bridgehead atoms. The molecule has 2 amide bonds. The Hall–Kier alpha value is -4.06. The number of hydrogen-bond acceptors (Lipinski definition) is 11. The Morgan fingerprint density at radius 1 is 0.574 bits per heavy atom. The van der Waals surface area contributed by atoms with Crippen molar-refractivity contribution in [2.75, 3.05) is 80.3 Å². The fraction of sp³-hybridized carbons (Fsp3) is 0.596. The smallest absolute Gasteiger partial charge is 1.00 e. The summed E-state index contributed by atoms with van der Waals surface area (Å²) in [5.74, 6) is -0.231. The number of nitrogens with zero attached hydrogens (tertiary/aromatic N) is 5. The van der Waals surface area contributed by atoms with Crippen LogP contribution in [0.15, 0.2) is 91.0 Å². The molecule has 68 heavy (non-hydrogen) atoms. The van der Waals surface area contributed by atoms with E-state index in [1.165, 1.54) is 37.8 Å². The summed E-state index contributed by atoms with van der Waals surface area (Å²) in [5.41, 5.74) is 2.42. The quantitative estimate of drug-likeness (QED) is 0.113. The number of aliphatic hydroxyl groups is 2. The van der Waals surface area contributed by atoms with Crippen LogP contribution < -0.4 is 33.6 Å². The molecule has 6 rings (SSSR count). The van der Waals surface area contributed by atoms with Gasteiger partial charge in [0, 0.05) is 82.9 Å². The average molecular weight is 957 g/mol. The Morgan fingerprint density at radius 2 is 0.897 bits per heavy atom. The Morgan fingerprint density at radius 3 is 1.22 bits per heavy atom. The van der Waals surface area contributed by atoms with Crippen molar-refractivity contribution in [2.24, 2.45) is 0 Å². The average Bonchev–Trinajstić information content (AvgIpc) is 3.30. The number of esters is 1. The summed E-state index contributed by atoms with van der Waals surface area (Å²) >= 11 is 0. The molecule has 3 radical (unpaired) electrons. The molecular weight excluding hydrogens is 876 g/mol. The van der Waals surface area contributed by atoms with Gasteiger partial charge >= 0.3 is 37.0 Å². The Bertz CT molecular complexity index is 1810. The van der Waals surface area contributed by atoms with Crippen LogP contribution in [0.4, 0.5) is 26.7 Å². The van der Waals surface area contributed by atoms with E-state index in [0.717, 1.165) is 43.6 Å². The molecule has 373 valence electrons. The maximum absolute atomic E-state index is 12.2. The number of halogens is 1. The zero-order valence-corrected chi connectivity index (χ0v) is 43.2. The number of amides is 2. The molecule has 3 aromatic rings. The molecule has 0 spiro atoms. The zero-order valence-electron chi connectivity index (χ0n) is 43.4. The summed E-state index contributed by atoms with van der Waals surface area (Å²) in [6, 6.07) is 31.6. The van der Waals surface area contributed by atoms with Gasteiger partial charge in [-0.05, 0) is 123 Å². The zero-order chi connectivity index (χ0) is 47.2. The fourth-order valence-electron chi connectivity index (χ4n) is 8.66. The molecule has 13 nitrogen and oxygen atoms in total. The number of ether oxygens (including phenoxy) is 3. The van der Waals surface area contributed by atoms with E-state index < -0.39 is 11.2 Å². The van der Waals surface area contributed by atoms with Crippen molar-refractivity contribution in [1.82, 2.24) is 9.80 Å². The monoisotopic (exact) mass is 957 g/mol. The van der Waals surface area contributed by atoms with Crippen LogP contribution in [0.5, 0.6) is 0 Å². The van der Waals surface area contributed by atoms with E-state index in [1.54, 1.807) is 9.80 Å². The van der Waals surface area contributed by atoms with Gasteiger partial charge in [0.25, 0.3) is 0 Å². The number of anilines is 3. The number of carbonyl (C=O) groups is 3. The molecule has 16 heteroatoms. The third-order valence-corrected chi connectivity index (χ3v) is 11.7. The molecular formula is C52H81BClLiN5O8. The number of likely N-dealkylation sites (tertiary alicyclic amines) is 2. The Balaban J connectivity index is 0.000001000. The molecule has 3 aliphatic rings. The minimum Gasteiger partial charge on any atom is -1.00 e. The first-order valence-corrected chi connectivity index (χ1v) is 23.9. The van der Waals surface area contributed by atoms with Gasteiger partial charge in [-0.15, -0.1) is 12.4 Å². The first-order chi connectivity index (χ1) is 31.1. The summed E-state index contributed by atoms with van der Waals surface area (Å²) in [4.78, 5) is 46.7. The van der Waals surface area contributed by atoms with Crippen LogP contribution in [-0.2, 0) is 19.0 Å². The van der Waals surface area contributed by atoms with E-state index in [-0.39, 0.29) is 85.1 Å². The first kappa shape index (κ1) is 62.0. The van der Waals surface area contributed by atoms with Gasteiger partial charge in [0.1, 0.15) is 17.7 Å². The van der Waals surface area contributed by atoms with Gasteiger partial charge in [-0.3, -0.25) is 4.79 Å². The standard InChI is InChI=1S/C20H30N2O4.C18H28N2O3.C14H21NO.B.ClH.Li.H/c1-5-25-18(23)15-22(16-9-7-6-8-10-16)17-11-13-21(14-12-17)19(24)26-20(2,3)4;1-18(2,3)23-17(22)19-11-9-16(10-12-19)20(13-14-21)15-7-5-4-6-8-15;16-12-11-15(13-7-3-1-4-8-13)14-9-5-2-6-10-14;;;;/h6-10,17H,5,11-15H2,1-4H3;4-8,16,21H,9-14H2,1-3H3;1,3-4,7-8,14,16H,2,5-6,9-12H2;;1H;;/q;;;;;+1;-1. The molecule has 1 aliphatic carbocycles. The summed E-state index contributed by atoms with van der Waals surface area (Å²) in [5, 5.41) is 18.6. The van der Waals surface area contributed by atoms with Gasteiger partial charge < -0.3 is 50.3 Å². The summed E-state index contributed by atoms with van der Waals surface area (Å²) in [6.07, 6.45) is 9.42. The number of piperidine rings is 2. The molecule has 1 saturated carbocycles. The van der Waals surface area contributed by atoms with Crippen molar-refractivity contribution < 1.29 is 59.1 Å². The van der Waals surface area contributed by atoms with E-state index in [2.05, 4.69) is 51.1 Å². The van der Waals surface area contributed by atoms with E-state index in [0.29, 0.717) is 51.4 Å². The van der Waals surface area contributed by atoms with Crippen LogP contribution in [0.1, 0.15) is 108 Å². The minimum atomic E-state index is -0.492. The van der Waals surface area contributed by atoms with E-state index in [1.807, 2.05) is 103 Å². The Labute approximate surface area is 429 Å². The van der Waals surface area contributed by atoms with Crippen LogP contribution in [0.2, 0.25) is 0 Å². The third-order valence-electron chi connectivity index (χ3n) is 11.7. The molecule has 0 aromatic heterocycles. The molecule has 2 heterocycles. The summed E-state index contributed by atoms with van der Waals surface area (Å²) in [6.45, 7) is 18.0. The number of benzene rings is 3. The number of para-hydroxylation sites is 3. The maximum Gasteiger partial charge on any atom is 1.00 e. The van der Waals surface area contributed by atoms with Crippen molar-refractivity contribution in [3.05, 3.63) is 91.0 Å². The number of rotatable bonds is 13. The molecule has 3 aromatic carbocycles. The van der Waals surface area contributed by atoms with Crippen molar-refractivity contribution >= 4 is 56.0 Å². The predicted octanol–water partition coefficient (Wildman–Crippen LogP) is 6.32. The molecule has 2 N–H and O–H groups in total. The van der Waals surface area contributed by atoms with Gasteiger partial charge in [0.2, 0.25) is 0 Å². The molecule has 2 saturated heterocycles. The van der Waals surface area contributed by atoms with Crippen LogP contribution in [0, 0.1) is 0 Å². The van der Waals surface area contributed by atoms with Gasteiger partial charge in [-0.1, -0.05) is 73.9 Å². The van der Waals surface area contributed by atoms with E-state index in [4.69, 9.17) is 14.2 Å². The van der Waals surface area contributed by atoms with Crippen molar-refractivity contribution in [1.29, 1.82) is 0 Å². The second kappa shape index (κ2) is 31.9. The van der Waals surface area contributed by atoms with Crippen LogP contribution in [0.3, 0.4) is 0 Å². The number of hydrogen-bond donors (Lipinski definition) is 2. The van der Waals surface area contributed by atoms with Crippen molar-refractivity contribution in [2.45, 2.75) is 136 Å². The van der Waals surface area contributed by atoms with Crippen molar-refractivity contribution in [3.8, 4) is 0 Å². The normalized spacial score (nSPS) is 15.5. The molecule has 2 aliphatic heterocycles. The maximum atomic E-state index is 12.2. The second-order valence-corrected chi connectivity index (χ2v) is 19.0. The topological polar surface area (TPSA) is 136 Å². The third kappa shape index (κ3) is 21.7. The number of carbonyl (C=O) groups excluding carboxylic acids is 3. The fourth-order valence-corrected chi connectivity index (χ4v) is 8.66. The van der Waals surface area contributed by atoms with Gasteiger partial charge in [0.05, 0.1) is 19.8 Å². The number of aliphatic hydroxyl groups excluding tert-OH is 2. The minimum absolute atomic E-state index is 0. The first-order valence-electron chi connectivity index (χ1n) is 23.9. The van der Waals surface area contributed by atoms with Crippen LogP contribution >= 0.6 is 12.4 Å². The summed E-state index contributed by atoms with van der Waals surface area (Å²) in [7, 11) is 0. The second-order valence-electron chi connectivity index (χ2n) is 19.0. The molecule has 0 unspecified atom stereocenters. The SMILES string of the molecule is CC(C)(C)OC(=O)N1CCC(N(CCO)c2ccccc2)CC1.CCOC(=O)CN(c1ccccc1)C1CCN(C(=O)OC(C)(C)C)CC1.Cl.OCCN(c1ccccc1)C1CCCCC1.[B].[H-].[Li+]. The summed E-state index contributed by atoms with van der Waals surface area (Å²) < 4.78 is 16.0. The van der Waals surface area contributed by atoms with Gasteiger partial charge in [-0.25, -0.2) is 9.59 Å². The van der Waals surface area contributed by atoms with E-state index >= 15 is 0 Å². The van der Waals surface area contributed by atoms with Gasteiger partial charge in [0.15, 0.2) is 0 Å².